The van der Waals surface area contributed by atoms with E-state index < -0.39 is 33.7 Å². The molecule has 1 N–H and O–H groups in total. The molecular weight excluding hydrogens is 590 g/mol. The highest BCUT2D eigenvalue weighted by molar-refractivity contribution is 7.92. The van der Waals surface area contributed by atoms with Gasteiger partial charge in [-0.05, 0) is 62.1 Å². The molecule has 1 aliphatic carbocycles. The molecule has 2 aromatic carbocycles. The molecule has 0 aliphatic heterocycles. The Morgan fingerprint density at radius 3 is 2.38 bits per heavy atom. The van der Waals surface area contributed by atoms with E-state index in [1.807, 2.05) is 0 Å². The third kappa shape index (κ3) is 8.75. The van der Waals surface area contributed by atoms with Crippen LogP contribution in [-0.2, 0) is 32.3 Å². The Morgan fingerprint density at radius 1 is 1.10 bits per heavy atom. The van der Waals surface area contributed by atoms with Crippen molar-refractivity contribution in [2.45, 2.75) is 70.3 Å². The van der Waals surface area contributed by atoms with Crippen molar-refractivity contribution >= 4 is 50.7 Å². The van der Waals surface area contributed by atoms with Crippen LogP contribution in [0.1, 0.15) is 56.6 Å². The first-order valence-corrected chi connectivity index (χ1v) is 15.5. The summed E-state index contributed by atoms with van der Waals surface area (Å²) in [5, 5.41) is 3.72. The summed E-state index contributed by atoms with van der Waals surface area (Å²) in [6.45, 7) is 1.39. The molecule has 3 rings (SSSR count). The van der Waals surface area contributed by atoms with Gasteiger partial charge in [0.15, 0.2) is 0 Å². The van der Waals surface area contributed by atoms with Gasteiger partial charge >= 0.3 is 6.18 Å². The number of nitrogens with one attached hydrogen (secondary N) is 1. The van der Waals surface area contributed by atoms with Crippen LogP contribution < -0.4 is 9.62 Å². The van der Waals surface area contributed by atoms with Crippen molar-refractivity contribution in [3.05, 3.63) is 63.6 Å². The van der Waals surface area contributed by atoms with Crippen molar-refractivity contribution in [1.29, 1.82) is 0 Å². The van der Waals surface area contributed by atoms with Crippen LogP contribution in [0.4, 0.5) is 18.9 Å². The number of sulfonamides is 1. The average Bonchev–Trinajstić information content (AvgIpc) is 3.37. The minimum atomic E-state index is -4.65. The molecule has 2 aromatic rings. The molecular formula is C27H32Cl2F3N3O4S. The summed E-state index contributed by atoms with van der Waals surface area (Å²) in [6, 6.07) is 8.00. The van der Waals surface area contributed by atoms with E-state index in [0.717, 1.165) is 54.4 Å². The zero-order valence-corrected chi connectivity index (χ0v) is 24.5. The number of anilines is 1. The molecule has 1 aliphatic rings. The fraction of sp³-hybridized carbons (Fsp3) is 0.481. The van der Waals surface area contributed by atoms with Gasteiger partial charge in [-0.3, -0.25) is 13.9 Å². The second-order valence-electron chi connectivity index (χ2n) is 9.91. The maximum atomic E-state index is 13.4. The molecule has 0 aromatic heterocycles. The number of hydrogen-bond acceptors (Lipinski definition) is 4. The van der Waals surface area contributed by atoms with Crippen molar-refractivity contribution in [3.8, 4) is 0 Å². The second kappa shape index (κ2) is 13.4. The van der Waals surface area contributed by atoms with Crippen LogP contribution in [-0.4, -0.2) is 50.0 Å². The molecule has 0 heterocycles. The van der Waals surface area contributed by atoms with Crippen LogP contribution in [0.2, 0.25) is 10.0 Å². The highest BCUT2D eigenvalue weighted by atomic mass is 35.5. The number of nitrogens with zero attached hydrogens (tertiary/aromatic N) is 2. The number of benzene rings is 2. The summed E-state index contributed by atoms with van der Waals surface area (Å²) < 4.78 is 65.3. The van der Waals surface area contributed by atoms with Crippen molar-refractivity contribution in [3.63, 3.8) is 0 Å². The predicted octanol–water partition coefficient (Wildman–Crippen LogP) is 6.03. The van der Waals surface area contributed by atoms with Gasteiger partial charge in [-0.15, -0.1) is 0 Å². The Kier molecular flexibility index (Phi) is 10.8. The summed E-state index contributed by atoms with van der Waals surface area (Å²) in [6.07, 6.45) is -0.136. The lowest BCUT2D eigenvalue weighted by molar-refractivity contribution is -0.141. The Balaban J connectivity index is 1.77. The minimum absolute atomic E-state index is 0.00393. The zero-order chi connectivity index (χ0) is 29.7. The Hall–Kier alpha value is -2.50. The van der Waals surface area contributed by atoms with E-state index in [1.54, 1.807) is 19.1 Å². The van der Waals surface area contributed by atoms with E-state index in [0.29, 0.717) is 15.6 Å². The Morgan fingerprint density at radius 2 is 1.77 bits per heavy atom. The number of amides is 2. The average molecular weight is 623 g/mol. The molecule has 0 saturated heterocycles. The maximum Gasteiger partial charge on any atom is 0.416 e. The second-order valence-corrected chi connectivity index (χ2v) is 12.7. The lowest BCUT2D eigenvalue weighted by Gasteiger charge is -2.30. The first-order chi connectivity index (χ1) is 18.7. The molecule has 1 saturated carbocycles. The molecule has 220 valence electrons. The lowest BCUT2D eigenvalue weighted by atomic mass is 10.1. The smallest absolute Gasteiger partial charge is 0.352 e. The van der Waals surface area contributed by atoms with Gasteiger partial charge in [0.05, 0.1) is 17.5 Å². The minimum Gasteiger partial charge on any atom is -0.352 e. The molecule has 13 heteroatoms. The van der Waals surface area contributed by atoms with Gasteiger partial charge in [-0.25, -0.2) is 8.42 Å². The number of alkyl halides is 3. The maximum absolute atomic E-state index is 13.4. The summed E-state index contributed by atoms with van der Waals surface area (Å²) in [5.74, 6) is -0.746. The Labute approximate surface area is 242 Å². The van der Waals surface area contributed by atoms with Gasteiger partial charge in [0.2, 0.25) is 21.8 Å². The molecule has 0 radical (unpaired) electrons. The molecule has 2 amide bonds. The Bertz CT molecular complexity index is 1320. The van der Waals surface area contributed by atoms with Gasteiger partial charge in [-0.1, -0.05) is 48.2 Å². The quantitative estimate of drug-likeness (QED) is 0.332. The molecule has 0 spiro atoms. The van der Waals surface area contributed by atoms with E-state index in [2.05, 4.69) is 5.32 Å². The summed E-state index contributed by atoms with van der Waals surface area (Å²) >= 11 is 12.3. The topological polar surface area (TPSA) is 86.8 Å². The van der Waals surface area contributed by atoms with Crippen LogP contribution in [0.5, 0.6) is 0 Å². The molecule has 7 nitrogen and oxygen atoms in total. The summed E-state index contributed by atoms with van der Waals surface area (Å²) in [4.78, 5) is 27.8. The number of rotatable bonds is 11. The first-order valence-electron chi connectivity index (χ1n) is 12.9. The van der Waals surface area contributed by atoms with Crippen LogP contribution in [0.25, 0.3) is 0 Å². The SMILES string of the molecule is C[C@@H](C(=O)NC1CCCC1)N(Cc1ccc(Cl)cc1Cl)C(=O)CCCN(c1cccc(C(F)(F)F)c1)S(C)(=O)=O. The van der Waals surface area contributed by atoms with Gasteiger partial charge in [0, 0.05) is 35.6 Å². The first kappa shape index (κ1) is 32.0. The molecule has 40 heavy (non-hydrogen) atoms. The van der Waals surface area contributed by atoms with Crippen LogP contribution in [0, 0.1) is 0 Å². The highest BCUT2D eigenvalue weighted by Crippen LogP contribution is 2.32. The monoisotopic (exact) mass is 621 g/mol. The van der Waals surface area contributed by atoms with E-state index in [1.165, 1.54) is 17.0 Å². The van der Waals surface area contributed by atoms with Crippen LogP contribution >= 0.6 is 23.2 Å². The van der Waals surface area contributed by atoms with Gasteiger partial charge in [0.25, 0.3) is 0 Å². The third-order valence-corrected chi connectivity index (χ3v) is 8.62. The number of carbonyl (C=O) groups excluding carboxylic acids is 2. The normalized spacial score (nSPS) is 15.1. The molecule has 0 bridgehead atoms. The molecule has 0 unspecified atom stereocenters. The molecule has 1 fully saturated rings. The fourth-order valence-electron chi connectivity index (χ4n) is 4.65. The van der Waals surface area contributed by atoms with Crippen LogP contribution in [0.15, 0.2) is 42.5 Å². The van der Waals surface area contributed by atoms with E-state index in [9.17, 15) is 31.2 Å². The third-order valence-electron chi connectivity index (χ3n) is 6.84. The lowest BCUT2D eigenvalue weighted by Crippen LogP contribution is -2.49. The van der Waals surface area contributed by atoms with Crippen LogP contribution in [0.3, 0.4) is 0 Å². The molecule has 1 atom stereocenters. The summed E-state index contributed by atoms with van der Waals surface area (Å²) in [5.41, 5.74) is -0.566. The van der Waals surface area contributed by atoms with Crippen molar-refractivity contribution in [2.24, 2.45) is 0 Å². The zero-order valence-electron chi connectivity index (χ0n) is 22.2. The van der Waals surface area contributed by atoms with Gasteiger partial charge in [-0.2, -0.15) is 13.2 Å². The largest absolute Gasteiger partial charge is 0.416 e. The van der Waals surface area contributed by atoms with Gasteiger partial charge in [0.1, 0.15) is 6.04 Å². The van der Waals surface area contributed by atoms with E-state index in [4.69, 9.17) is 23.2 Å². The standard InChI is InChI=1S/C27H32Cl2F3N3O4S/c1-18(26(37)33-22-8-3-4-9-22)34(17-19-12-13-21(28)16-24(19)29)25(36)11-6-14-35(40(2,38)39)23-10-5-7-20(15-23)27(30,31)32/h5,7,10,12-13,15-16,18,22H,3-4,6,8-9,11,14,17H2,1-2H3,(H,33,37)/t18-/m0/s1. The van der Waals surface area contributed by atoms with E-state index in [-0.39, 0.29) is 43.6 Å². The fourth-order valence-corrected chi connectivity index (χ4v) is 6.07. The van der Waals surface area contributed by atoms with Crippen molar-refractivity contribution in [2.75, 3.05) is 17.1 Å². The number of halogens is 5. The van der Waals surface area contributed by atoms with E-state index >= 15 is 0 Å². The summed E-state index contributed by atoms with van der Waals surface area (Å²) in [7, 11) is -3.95. The highest BCUT2D eigenvalue weighted by Gasteiger charge is 2.32. The predicted molar refractivity (Wildman–Crippen MR) is 150 cm³/mol. The van der Waals surface area contributed by atoms with Crippen molar-refractivity contribution in [1.82, 2.24) is 10.2 Å². The number of hydrogen-bond donors (Lipinski definition) is 1. The van der Waals surface area contributed by atoms with Crippen molar-refractivity contribution < 1.29 is 31.2 Å². The van der Waals surface area contributed by atoms with Gasteiger partial charge < -0.3 is 10.2 Å². The number of carbonyl (C=O) groups is 2.